The van der Waals surface area contributed by atoms with E-state index in [1.807, 2.05) is 12.1 Å². The molecule has 0 bridgehead atoms. The van der Waals surface area contributed by atoms with E-state index in [1.165, 1.54) is 6.07 Å². The second kappa shape index (κ2) is 4.26. The Hall–Kier alpha value is -1.05. The van der Waals surface area contributed by atoms with Crippen LogP contribution in [0.5, 0.6) is 0 Å². The molecule has 0 unspecified atom stereocenters. The van der Waals surface area contributed by atoms with Crippen LogP contribution in [0.25, 0.3) is 0 Å². The number of nitrogens with one attached hydrogen (secondary N) is 1. The van der Waals surface area contributed by atoms with Crippen LogP contribution in [0.15, 0.2) is 18.2 Å². The molecule has 2 heteroatoms. The zero-order valence-corrected chi connectivity index (χ0v) is 8.39. The van der Waals surface area contributed by atoms with Gasteiger partial charge in [-0.3, -0.25) is 0 Å². The lowest BCUT2D eigenvalue weighted by molar-refractivity contribution is 0.574. The van der Waals surface area contributed by atoms with E-state index in [-0.39, 0.29) is 5.82 Å². The molecule has 1 nitrogen and oxygen atoms in total. The van der Waals surface area contributed by atoms with Gasteiger partial charge in [-0.2, -0.15) is 0 Å². The van der Waals surface area contributed by atoms with Crippen molar-refractivity contribution in [2.24, 2.45) is 5.92 Å². The molecule has 1 aromatic carbocycles. The first-order valence-corrected chi connectivity index (χ1v) is 4.59. The lowest BCUT2D eigenvalue weighted by Gasteiger charge is -2.07. The minimum Gasteiger partial charge on any atom is -0.388 e. The van der Waals surface area contributed by atoms with Gasteiger partial charge in [0.05, 0.1) is 0 Å². The van der Waals surface area contributed by atoms with Crippen molar-refractivity contribution in [3.63, 3.8) is 0 Å². The molecule has 72 valence electrons. The minimum absolute atomic E-state index is 0.111. The number of benzene rings is 1. The standard InChI is InChI=1S/C11H16FN/c1-8(2)6-9-4-5-10(13-3)7-11(9)12/h4-5,7-8,13H,6H2,1-3H3. The average Bonchev–Trinajstić information content (AvgIpc) is 2.08. The molecular weight excluding hydrogens is 165 g/mol. The molecular formula is C11H16FN. The molecule has 0 spiro atoms. The Balaban J connectivity index is 2.85. The Morgan fingerprint density at radius 1 is 1.38 bits per heavy atom. The maximum absolute atomic E-state index is 13.4. The van der Waals surface area contributed by atoms with Crippen molar-refractivity contribution in [2.45, 2.75) is 20.3 Å². The summed E-state index contributed by atoms with van der Waals surface area (Å²) in [6, 6.07) is 5.29. The van der Waals surface area contributed by atoms with Gasteiger partial charge < -0.3 is 5.32 Å². The average molecular weight is 181 g/mol. The summed E-state index contributed by atoms with van der Waals surface area (Å²) in [7, 11) is 1.79. The van der Waals surface area contributed by atoms with Crippen molar-refractivity contribution < 1.29 is 4.39 Å². The van der Waals surface area contributed by atoms with Crippen molar-refractivity contribution in [2.75, 3.05) is 12.4 Å². The van der Waals surface area contributed by atoms with E-state index in [0.29, 0.717) is 5.92 Å². The van der Waals surface area contributed by atoms with Crippen LogP contribution in [0, 0.1) is 11.7 Å². The fourth-order valence-corrected chi connectivity index (χ4v) is 1.31. The zero-order valence-electron chi connectivity index (χ0n) is 8.39. The van der Waals surface area contributed by atoms with Crippen LogP contribution in [-0.2, 0) is 6.42 Å². The topological polar surface area (TPSA) is 12.0 Å². The number of anilines is 1. The summed E-state index contributed by atoms with van der Waals surface area (Å²) in [6.07, 6.45) is 0.801. The van der Waals surface area contributed by atoms with Crippen LogP contribution in [0.2, 0.25) is 0 Å². The van der Waals surface area contributed by atoms with Crippen LogP contribution in [0.3, 0.4) is 0 Å². The second-order valence-corrected chi connectivity index (χ2v) is 3.65. The van der Waals surface area contributed by atoms with Crippen molar-refractivity contribution in [1.29, 1.82) is 0 Å². The minimum atomic E-state index is -0.111. The van der Waals surface area contributed by atoms with Gasteiger partial charge in [-0.1, -0.05) is 19.9 Å². The predicted octanol–water partition coefficient (Wildman–Crippen LogP) is 3.07. The largest absolute Gasteiger partial charge is 0.388 e. The smallest absolute Gasteiger partial charge is 0.128 e. The third-order valence-corrected chi connectivity index (χ3v) is 1.97. The molecule has 0 aliphatic rings. The molecule has 13 heavy (non-hydrogen) atoms. The Labute approximate surface area is 79.0 Å². The molecule has 0 aromatic heterocycles. The van der Waals surface area contributed by atoms with E-state index in [9.17, 15) is 4.39 Å². The Kier molecular flexibility index (Phi) is 3.29. The van der Waals surface area contributed by atoms with Crippen LogP contribution >= 0.6 is 0 Å². The summed E-state index contributed by atoms with van der Waals surface area (Å²) in [5, 5.41) is 2.91. The molecule has 1 rings (SSSR count). The van der Waals surface area contributed by atoms with E-state index in [1.54, 1.807) is 7.05 Å². The van der Waals surface area contributed by atoms with Crippen LogP contribution in [0.1, 0.15) is 19.4 Å². The Bertz CT molecular complexity index is 281. The summed E-state index contributed by atoms with van der Waals surface area (Å²) in [4.78, 5) is 0. The molecule has 0 atom stereocenters. The van der Waals surface area contributed by atoms with Gasteiger partial charge in [-0.15, -0.1) is 0 Å². The van der Waals surface area contributed by atoms with Crippen LogP contribution in [-0.4, -0.2) is 7.05 Å². The maximum Gasteiger partial charge on any atom is 0.128 e. The quantitative estimate of drug-likeness (QED) is 0.755. The fourth-order valence-electron chi connectivity index (χ4n) is 1.31. The van der Waals surface area contributed by atoms with Crippen molar-refractivity contribution in [3.05, 3.63) is 29.6 Å². The summed E-state index contributed by atoms with van der Waals surface area (Å²) in [5.41, 5.74) is 1.62. The molecule has 0 radical (unpaired) electrons. The number of hydrogen-bond acceptors (Lipinski definition) is 1. The molecule has 0 aliphatic carbocycles. The van der Waals surface area contributed by atoms with Crippen LogP contribution < -0.4 is 5.32 Å². The van der Waals surface area contributed by atoms with Gasteiger partial charge in [-0.05, 0) is 30.0 Å². The van der Waals surface area contributed by atoms with E-state index in [4.69, 9.17) is 0 Å². The van der Waals surface area contributed by atoms with Gasteiger partial charge >= 0.3 is 0 Å². The SMILES string of the molecule is CNc1ccc(CC(C)C)c(F)c1. The number of hydrogen-bond donors (Lipinski definition) is 1. The first-order valence-electron chi connectivity index (χ1n) is 4.59. The molecule has 0 saturated heterocycles. The van der Waals surface area contributed by atoms with E-state index in [0.717, 1.165) is 17.7 Å². The third-order valence-electron chi connectivity index (χ3n) is 1.97. The highest BCUT2D eigenvalue weighted by atomic mass is 19.1. The van der Waals surface area contributed by atoms with Gasteiger partial charge in [0.1, 0.15) is 5.82 Å². The molecule has 1 N–H and O–H groups in total. The normalized spacial score (nSPS) is 10.5. The molecule has 0 heterocycles. The Morgan fingerprint density at radius 3 is 2.54 bits per heavy atom. The molecule has 0 saturated carbocycles. The molecule has 1 aromatic rings. The molecule has 0 amide bonds. The van der Waals surface area contributed by atoms with Gasteiger partial charge in [0.2, 0.25) is 0 Å². The lowest BCUT2D eigenvalue weighted by Crippen LogP contribution is -1.98. The monoisotopic (exact) mass is 181 g/mol. The van der Waals surface area contributed by atoms with Gasteiger partial charge in [0, 0.05) is 12.7 Å². The first kappa shape index (κ1) is 10.0. The lowest BCUT2D eigenvalue weighted by atomic mass is 10.0. The zero-order chi connectivity index (χ0) is 9.84. The van der Waals surface area contributed by atoms with Crippen LogP contribution in [0.4, 0.5) is 10.1 Å². The predicted molar refractivity (Wildman–Crippen MR) is 54.5 cm³/mol. The Morgan fingerprint density at radius 2 is 2.08 bits per heavy atom. The molecule has 0 fully saturated rings. The van der Waals surface area contributed by atoms with E-state index < -0.39 is 0 Å². The summed E-state index contributed by atoms with van der Waals surface area (Å²) >= 11 is 0. The maximum atomic E-state index is 13.4. The van der Waals surface area contributed by atoms with Crippen molar-refractivity contribution in [1.82, 2.24) is 0 Å². The third kappa shape index (κ3) is 2.72. The van der Waals surface area contributed by atoms with E-state index >= 15 is 0 Å². The van der Waals surface area contributed by atoms with Gasteiger partial charge in [0.15, 0.2) is 0 Å². The number of halogens is 1. The summed E-state index contributed by atoms with van der Waals surface area (Å²) < 4.78 is 13.4. The highest BCUT2D eigenvalue weighted by Crippen LogP contribution is 2.16. The van der Waals surface area contributed by atoms with Gasteiger partial charge in [-0.25, -0.2) is 4.39 Å². The highest BCUT2D eigenvalue weighted by Gasteiger charge is 2.04. The van der Waals surface area contributed by atoms with Gasteiger partial charge in [0.25, 0.3) is 0 Å². The van der Waals surface area contributed by atoms with Crippen molar-refractivity contribution >= 4 is 5.69 Å². The fraction of sp³-hybridized carbons (Fsp3) is 0.455. The summed E-state index contributed by atoms with van der Waals surface area (Å²) in [6.45, 7) is 4.18. The summed E-state index contributed by atoms with van der Waals surface area (Å²) in [5.74, 6) is 0.385. The second-order valence-electron chi connectivity index (χ2n) is 3.65. The molecule has 0 aliphatic heterocycles. The first-order chi connectivity index (χ1) is 6.13. The van der Waals surface area contributed by atoms with E-state index in [2.05, 4.69) is 19.2 Å². The number of rotatable bonds is 3. The highest BCUT2D eigenvalue weighted by molar-refractivity contribution is 5.44. The van der Waals surface area contributed by atoms with Crippen molar-refractivity contribution in [3.8, 4) is 0 Å².